The summed E-state index contributed by atoms with van der Waals surface area (Å²) >= 11 is 0. The van der Waals surface area contributed by atoms with Crippen molar-refractivity contribution in [1.82, 2.24) is 14.5 Å². The van der Waals surface area contributed by atoms with E-state index in [4.69, 9.17) is 4.74 Å². The molecule has 0 amide bonds. The number of fused-ring (bicyclic) bond motifs is 2. The zero-order valence-corrected chi connectivity index (χ0v) is 22.2. The third kappa shape index (κ3) is 5.24. The number of nitrogens with one attached hydrogen (secondary N) is 1. The second-order valence-corrected chi connectivity index (χ2v) is 10.7. The molecular weight excluding hydrogens is 507 g/mol. The van der Waals surface area contributed by atoms with E-state index in [1.807, 2.05) is 0 Å². The van der Waals surface area contributed by atoms with Gasteiger partial charge < -0.3 is 10.1 Å². The number of nitrogens with zero attached hydrogens (tertiary/aromatic N) is 4. The molecule has 0 unspecified atom stereocenters. The molecule has 1 N–H and O–H groups in total. The van der Waals surface area contributed by atoms with Crippen molar-refractivity contribution in [3.05, 3.63) is 63.0 Å². The lowest BCUT2D eigenvalue weighted by Gasteiger charge is -2.22. The minimum absolute atomic E-state index is 0.0544. The third-order valence-corrected chi connectivity index (χ3v) is 7.73. The number of hydrogen-bond acceptors (Lipinski definition) is 6. The van der Waals surface area contributed by atoms with Crippen LogP contribution in [0.25, 0.3) is 11.0 Å². The summed E-state index contributed by atoms with van der Waals surface area (Å²) in [4.78, 5) is 22.8. The summed E-state index contributed by atoms with van der Waals surface area (Å²) in [6.07, 6.45) is 5.00. The lowest BCUT2D eigenvalue weighted by molar-refractivity contribution is -0.0853. The molecule has 1 aliphatic heterocycles. The van der Waals surface area contributed by atoms with Crippen LogP contribution in [0.5, 0.6) is 0 Å². The summed E-state index contributed by atoms with van der Waals surface area (Å²) in [5.74, 6) is -3.73. The van der Waals surface area contributed by atoms with Crippen molar-refractivity contribution in [2.75, 3.05) is 18.5 Å². The number of aromatic nitrogens is 3. The van der Waals surface area contributed by atoms with Crippen molar-refractivity contribution >= 4 is 16.9 Å². The number of pyridine rings is 1. The Balaban J connectivity index is 1.65. The van der Waals surface area contributed by atoms with E-state index in [1.54, 1.807) is 24.5 Å². The molecule has 1 saturated carbocycles. The van der Waals surface area contributed by atoms with Gasteiger partial charge in [0.05, 0.1) is 28.5 Å². The van der Waals surface area contributed by atoms with Crippen LogP contribution in [0.15, 0.2) is 29.1 Å². The van der Waals surface area contributed by atoms with Crippen molar-refractivity contribution in [3.8, 4) is 6.07 Å². The molecule has 2 aliphatic rings. The molecule has 1 atom stereocenters. The van der Waals surface area contributed by atoms with Crippen molar-refractivity contribution < 1.29 is 17.9 Å². The van der Waals surface area contributed by atoms with Crippen LogP contribution in [0, 0.1) is 24.1 Å². The Labute approximate surface area is 225 Å². The summed E-state index contributed by atoms with van der Waals surface area (Å²) in [5.41, 5.74) is -0.862. The predicted octanol–water partition coefficient (Wildman–Crippen LogP) is 6.04. The standard InChI is InChI=1S/C29H32F3N5O2/c1-18-20-9-8-10-22(24(20)30)29(31,32)17-39-14-7-5-3-4-6-13-37-26-21(25(34-18)35-19(2)36-26)15-23(27(37)38)28(16-33)11-12-28/h8-10,15,18H,3-7,11-14,17H2,1-2H3,(H,34,35,36)/t18-/m1/s1. The Kier molecular flexibility index (Phi) is 7.38. The van der Waals surface area contributed by atoms with Gasteiger partial charge in [0.1, 0.15) is 29.7 Å². The van der Waals surface area contributed by atoms with Gasteiger partial charge in [0.15, 0.2) is 0 Å². The number of benzene rings is 1. The molecule has 1 aliphatic carbocycles. The zero-order chi connectivity index (χ0) is 27.8. The molecule has 1 fully saturated rings. The van der Waals surface area contributed by atoms with Gasteiger partial charge in [-0.15, -0.1) is 0 Å². The molecule has 3 aromatic rings. The Morgan fingerprint density at radius 2 is 1.87 bits per heavy atom. The molecule has 10 heteroatoms. The summed E-state index contributed by atoms with van der Waals surface area (Å²) in [6.45, 7) is 3.06. The molecule has 0 spiro atoms. The summed E-state index contributed by atoms with van der Waals surface area (Å²) in [5, 5.41) is 13.6. The van der Waals surface area contributed by atoms with Crippen LogP contribution >= 0.6 is 0 Å². The first kappa shape index (κ1) is 27.1. The Bertz CT molecular complexity index is 1490. The van der Waals surface area contributed by atoms with E-state index in [-0.39, 0.29) is 17.7 Å². The average Bonchev–Trinajstić information content (AvgIpc) is 3.69. The number of anilines is 1. The molecular formula is C29H32F3N5O2. The highest BCUT2D eigenvalue weighted by Gasteiger charge is 2.47. The Hall–Kier alpha value is -3.45. The van der Waals surface area contributed by atoms with Gasteiger partial charge in [-0.1, -0.05) is 31.4 Å². The van der Waals surface area contributed by atoms with Gasteiger partial charge in [-0.25, -0.2) is 14.4 Å². The minimum Gasteiger partial charge on any atom is -0.375 e. The fourth-order valence-electron chi connectivity index (χ4n) is 5.31. The molecule has 5 rings (SSSR count). The maximum absolute atomic E-state index is 15.5. The van der Waals surface area contributed by atoms with Crippen molar-refractivity contribution in [1.29, 1.82) is 5.26 Å². The van der Waals surface area contributed by atoms with E-state index >= 15 is 4.39 Å². The molecule has 2 aromatic heterocycles. The second-order valence-electron chi connectivity index (χ2n) is 10.7. The highest BCUT2D eigenvalue weighted by atomic mass is 19.3. The Morgan fingerprint density at radius 3 is 2.62 bits per heavy atom. The first-order valence-electron chi connectivity index (χ1n) is 13.5. The summed E-state index contributed by atoms with van der Waals surface area (Å²) in [7, 11) is 0. The van der Waals surface area contributed by atoms with Crippen molar-refractivity contribution in [2.45, 2.75) is 82.7 Å². The van der Waals surface area contributed by atoms with Crippen LogP contribution in [0.3, 0.4) is 0 Å². The molecule has 6 bridgehead atoms. The number of alkyl halides is 2. The fourth-order valence-corrected chi connectivity index (χ4v) is 5.31. The second kappa shape index (κ2) is 10.6. The smallest absolute Gasteiger partial charge is 0.298 e. The highest BCUT2D eigenvalue weighted by molar-refractivity contribution is 5.88. The number of halogens is 3. The Morgan fingerprint density at radius 1 is 1.13 bits per heavy atom. The largest absolute Gasteiger partial charge is 0.375 e. The van der Waals surface area contributed by atoms with Gasteiger partial charge in [-0.05, 0) is 51.7 Å². The van der Waals surface area contributed by atoms with Crippen LogP contribution < -0.4 is 10.9 Å². The molecule has 206 valence electrons. The topological polar surface area (TPSA) is 92.8 Å². The number of rotatable bonds is 1. The van der Waals surface area contributed by atoms with E-state index in [9.17, 15) is 18.8 Å². The van der Waals surface area contributed by atoms with Crippen LogP contribution in [0.1, 0.15) is 80.4 Å². The van der Waals surface area contributed by atoms with Gasteiger partial charge in [0.25, 0.3) is 11.5 Å². The normalized spacial score (nSPS) is 21.3. The molecule has 1 aromatic carbocycles. The quantitative estimate of drug-likeness (QED) is 0.405. The number of aryl methyl sites for hydroxylation is 2. The summed E-state index contributed by atoms with van der Waals surface area (Å²) < 4.78 is 52.3. The average molecular weight is 540 g/mol. The lowest BCUT2D eigenvalue weighted by Crippen LogP contribution is -2.29. The van der Waals surface area contributed by atoms with E-state index < -0.39 is 35.4 Å². The van der Waals surface area contributed by atoms with Crippen molar-refractivity contribution in [2.24, 2.45) is 0 Å². The SMILES string of the molecule is Cc1nc2c3cc(C4(C#N)CC4)c(=O)n(c3n1)CCCCCCCOCC(F)(F)c1cccc(c1F)[C@@H](C)N2. The van der Waals surface area contributed by atoms with Crippen LogP contribution in [0.4, 0.5) is 19.0 Å². The summed E-state index contributed by atoms with van der Waals surface area (Å²) in [6, 6.07) is 7.21. The van der Waals surface area contributed by atoms with Gasteiger partial charge in [-0.3, -0.25) is 9.36 Å². The van der Waals surface area contributed by atoms with E-state index in [2.05, 4.69) is 21.4 Å². The number of nitriles is 1. The molecule has 3 heterocycles. The van der Waals surface area contributed by atoms with Crippen LogP contribution in [-0.2, 0) is 22.6 Å². The van der Waals surface area contributed by atoms with E-state index in [1.165, 1.54) is 12.1 Å². The molecule has 0 radical (unpaired) electrons. The van der Waals surface area contributed by atoms with E-state index in [0.29, 0.717) is 54.0 Å². The third-order valence-electron chi connectivity index (χ3n) is 7.73. The van der Waals surface area contributed by atoms with E-state index in [0.717, 1.165) is 31.7 Å². The molecule has 0 saturated heterocycles. The van der Waals surface area contributed by atoms with Gasteiger partial charge in [0, 0.05) is 24.3 Å². The van der Waals surface area contributed by atoms with Gasteiger partial charge in [-0.2, -0.15) is 14.0 Å². The first-order chi connectivity index (χ1) is 18.7. The number of hydrogen-bond donors (Lipinski definition) is 1. The van der Waals surface area contributed by atoms with Crippen molar-refractivity contribution in [3.63, 3.8) is 0 Å². The first-order valence-corrected chi connectivity index (χ1v) is 13.5. The minimum atomic E-state index is -3.48. The maximum Gasteiger partial charge on any atom is 0.298 e. The highest BCUT2D eigenvalue weighted by Crippen LogP contribution is 2.47. The number of ether oxygens (including phenoxy) is 1. The lowest BCUT2D eigenvalue weighted by atomic mass is 9.97. The zero-order valence-electron chi connectivity index (χ0n) is 22.2. The molecule has 39 heavy (non-hydrogen) atoms. The van der Waals surface area contributed by atoms with Crippen LogP contribution in [-0.4, -0.2) is 27.7 Å². The van der Waals surface area contributed by atoms with Gasteiger partial charge >= 0.3 is 0 Å². The monoisotopic (exact) mass is 539 g/mol. The maximum atomic E-state index is 15.5. The molecule has 7 nitrogen and oxygen atoms in total. The predicted molar refractivity (Wildman–Crippen MR) is 141 cm³/mol. The fraction of sp³-hybridized carbons (Fsp3) is 0.517. The van der Waals surface area contributed by atoms with Crippen LogP contribution in [0.2, 0.25) is 0 Å². The van der Waals surface area contributed by atoms with Gasteiger partial charge in [0.2, 0.25) is 0 Å².